The van der Waals surface area contributed by atoms with Crippen LogP contribution >= 0.6 is 0 Å². The van der Waals surface area contributed by atoms with Gasteiger partial charge in [0, 0.05) is 11.6 Å². The van der Waals surface area contributed by atoms with Gasteiger partial charge in [-0.1, -0.05) is 54.6 Å². The predicted octanol–water partition coefficient (Wildman–Crippen LogP) is 4.32. The smallest absolute Gasteiger partial charge is 0.194 e. The standard InChI is InChI=1S/C19H12O3/c20-15-11-17(12-6-2-1-3-7-12)22-19-16(21)10-13-8-4-5-9-14(13)18(15)19/h1-11,21H. The Kier molecular flexibility index (Phi) is 2.73. The summed E-state index contributed by atoms with van der Waals surface area (Å²) in [6.07, 6.45) is 0. The first-order valence-corrected chi connectivity index (χ1v) is 6.98. The molecule has 0 aliphatic rings. The van der Waals surface area contributed by atoms with Gasteiger partial charge in [-0.3, -0.25) is 4.79 Å². The number of aromatic hydroxyl groups is 1. The van der Waals surface area contributed by atoms with Gasteiger partial charge in [-0.15, -0.1) is 0 Å². The van der Waals surface area contributed by atoms with Crippen LogP contribution in [0.4, 0.5) is 0 Å². The first-order valence-electron chi connectivity index (χ1n) is 6.98. The van der Waals surface area contributed by atoms with Crippen molar-refractivity contribution in [3.8, 4) is 17.1 Å². The summed E-state index contributed by atoms with van der Waals surface area (Å²) in [5.41, 5.74) is 0.867. The summed E-state index contributed by atoms with van der Waals surface area (Å²) < 4.78 is 5.82. The molecular formula is C19H12O3. The normalized spacial score (nSPS) is 11.1. The van der Waals surface area contributed by atoms with Crippen molar-refractivity contribution in [1.29, 1.82) is 0 Å². The number of rotatable bonds is 1. The molecule has 3 aromatic carbocycles. The summed E-state index contributed by atoms with van der Waals surface area (Å²) >= 11 is 0. The average Bonchev–Trinajstić information content (AvgIpc) is 2.55. The van der Waals surface area contributed by atoms with Gasteiger partial charge in [0.1, 0.15) is 5.76 Å². The lowest BCUT2D eigenvalue weighted by atomic mass is 10.0. The first-order chi connectivity index (χ1) is 10.7. The van der Waals surface area contributed by atoms with Crippen LogP contribution in [0.2, 0.25) is 0 Å². The second-order valence-corrected chi connectivity index (χ2v) is 5.16. The quantitative estimate of drug-likeness (QED) is 0.531. The zero-order valence-corrected chi connectivity index (χ0v) is 11.6. The number of fused-ring (bicyclic) bond motifs is 3. The Bertz CT molecular complexity index is 1050. The summed E-state index contributed by atoms with van der Waals surface area (Å²) in [4.78, 5) is 12.6. The van der Waals surface area contributed by atoms with Gasteiger partial charge in [-0.05, 0) is 16.8 Å². The van der Waals surface area contributed by atoms with E-state index < -0.39 is 0 Å². The van der Waals surface area contributed by atoms with E-state index in [1.165, 1.54) is 6.07 Å². The van der Waals surface area contributed by atoms with Crippen molar-refractivity contribution in [2.24, 2.45) is 0 Å². The van der Waals surface area contributed by atoms with Crippen molar-refractivity contribution in [3.63, 3.8) is 0 Å². The molecule has 3 nitrogen and oxygen atoms in total. The zero-order valence-electron chi connectivity index (χ0n) is 11.6. The molecule has 1 aromatic heterocycles. The third kappa shape index (κ3) is 1.87. The minimum absolute atomic E-state index is 0.0245. The maximum Gasteiger partial charge on any atom is 0.194 e. The highest BCUT2D eigenvalue weighted by molar-refractivity contribution is 6.08. The van der Waals surface area contributed by atoms with Crippen molar-refractivity contribution >= 4 is 21.7 Å². The lowest BCUT2D eigenvalue weighted by Crippen LogP contribution is -2.01. The van der Waals surface area contributed by atoms with Crippen LogP contribution in [0.15, 0.2) is 75.9 Å². The fourth-order valence-electron chi connectivity index (χ4n) is 2.74. The molecule has 0 amide bonds. The van der Waals surface area contributed by atoms with E-state index in [-0.39, 0.29) is 16.8 Å². The van der Waals surface area contributed by atoms with Gasteiger partial charge in [-0.2, -0.15) is 0 Å². The molecule has 4 aromatic rings. The lowest BCUT2D eigenvalue weighted by Gasteiger charge is -2.07. The van der Waals surface area contributed by atoms with Crippen molar-refractivity contribution in [2.45, 2.75) is 0 Å². The molecule has 0 atom stereocenters. The summed E-state index contributed by atoms with van der Waals surface area (Å²) in [5.74, 6) is 0.423. The van der Waals surface area contributed by atoms with E-state index in [4.69, 9.17) is 4.42 Å². The first kappa shape index (κ1) is 12.7. The van der Waals surface area contributed by atoms with Crippen LogP contribution in [-0.2, 0) is 0 Å². The second kappa shape index (κ2) is 4.74. The highest BCUT2D eigenvalue weighted by Crippen LogP contribution is 2.33. The van der Waals surface area contributed by atoms with Gasteiger partial charge in [0.05, 0.1) is 5.39 Å². The van der Waals surface area contributed by atoms with Crippen molar-refractivity contribution in [2.75, 3.05) is 0 Å². The average molecular weight is 288 g/mol. The molecule has 106 valence electrons. The molecule has 3 heteroatoms. The van der Waals surface area contributed by atoms with Gasteiger partial charge >= 0.3 is 0 Å². The van der Waals surface area contributed by atoms with E-state index in [1.807, 2.05) is 54.6 Å². The van der Waals surface area contributed by atoms with Crippen LogP contribution in [0.5, 0.6) is 5.75 Å². The Morgan fingerprint density at radius 2 is 1.59 bits per heavy atom. The van der Waals surface area contributed by atoms with E-state index in [0.717, 1.165) is 16.3 Å². The Hall–Kier alpha value is -3.07. The number of hydrogen-bond acceptors (Lipinski definition) is 3. The van der Waals surface area contributed by atoms with Gasteiger partial charge in [0.15, 0.2) is 16.8 Å². The van der Waals surface area contributed by atoms with Gasteiger partial charge in [-0.25, -0.2) is 0 Å². The van der Waals surface area contributed by atoms with Crippen LogP contribution in [0.3, 0.4) is 0 Å². The van der Waals surface area contributed by atoms with Crippen molar-refractivity contribution < 1.29 is 9.52 Å². The molecule has 0 aliphatic carbocycles. The molecule has 0 fully saturated rings. The molecule has 0 saturated heterocycles. The lowest BCUT2D eigenvalue weighted by molar-refractivity contribution is 0.465. The van der Waals surface area contributed by atoms with Gasteiger partial charge < -0.3 is 9.52 Å². The Labute approximate surface area is 126 Å². The van der Waals surface area contributed by atoms with E-state index >= 15 is 0 Å². The summed E-state index contributed by atoms with van der Waals surface area (Å²) in [6.45, 7) is 0. The van der Waals surface area contributed by atoms with Gasteiger partial charge in [0.2, 0.25) is 0 Å². The number of phenolic OH excluding ortho intramolecular Hbond substituents is 1. The van der Waals surface area contributed by atoms with Crippen LogP contribution in [0.1, 0.15) is 0 Å². The highest BCUT2D eigenvalue weighted by atomic mass is 16.4. The molecular weight excluding hydrogens is 276 g/mol. The number of phenols is 1. The molecule has 0 radical (unpaired) electrons. The predicted molar refractivity (Wildman–Crippen MR) is 87.1 cm³/mol. The Morgan fingerprint density at radius 3 is 2.41 bits per heavy atom. The third-order valence-corrected chi connectivity index (χ3v) is 3.76. The van der Waals surface area contributed by atoms with Gasteiger partial charge in [0.25, 0.3) is 0 Å². The maximum absolute atomic E-state index is 12.6. The van der Waals surface area contributed by atoms with E-state index in [1.54, 1.807) is 6.07 Å². The van der Waals surface area contributed by atoms with E-state index in [2.05, 4.69) is 0 Å². The molecule has 22 heavy (non-hydrogen) atoms. The second-order valence-electron chi connectivity index (χ2n) is 5.16. The minimum Gasteiger partial charge on any atom is -0.504 e. The summed E-state index contributed by atoms with van der Waals surface area (Å²) in [6, 6.07) is 19.9. The molecule has 0 aliphatic heterocycles. The van der Waals surface area contributed by atoms with E-state index in [9.17, 15) is 9.90 Å². The molecule has 1 heterocycles. The monoisotopic (exact) mass is 288 g/mol. The molecule has 0 spiro atoms. The van der Waals surface area contributed by atoms with E-state index in [0.29, 0.717) is 11.1 Å². The summed E-state index contributed by atoms with van der Waals surface area (Å²) in [5, 5.41) is 12.2. The fraction of sp³-hybridized carbons (Fsp3) is 0. The SMILES string of the molecule is O=c1cc(-c2ccccc2)oc2c(O)cc3ccccc3c12. The Morgan fingerprint density at radius 1 is 0.864 bits per heavy atom. The number of hydrogen-bond donors (Lipinski definition) is 1. The summed E-state index contributed by atoms with van der Waals surface area (Å²) in [7, 11) is 0. The zero-order chi connectivity index (χ0) is 15.1. The maximum atomic E-state index is 12.6. The third-order valence-electron chi connectivity index (χ3n) is 3.76. The van der Waals surface area contributed by atoms with Crippen LogP contribution in [0.25, 0.3) is 33.1 Å². The number of benzene rings is 3. The van der Waals surface area contributed by atoms with Crippen LogP contribution in [0, 0.1) is 0 Å². The fourth-order valence-corrected chi connectivity index (χ4v) is 2.74. The molecule has 0 bridgehead atoms. The molecule has 0 unspecified atom stereocenters. The van der Waals surface area contributed by atoms with Crippen molar-refractivity contribution in [1.82, 2.24) is 0 Å². The van der Waals surface area contributed by atoms with Crippen LogP contribution < -0.4 is 5.43 Å². The topological polar surface area (TPSA) is 50.4 Å². The highest BCUT2D eigenvalue weighted by Gasteiger charge is 2.13. The molecule has 4 rings (SSSR count). The Balaban J connectivity index is 2.14. The van der Waals surface area contributed by atoms with Crippen molar-refractivity contribution in [3.05, 3.63) is 77.0 Å². The largest absolute Gasteiger partial charge is 0.504 e. The molecule has 0 saturated carbocycles. The molecule has 1 N–H and O–H groups in total. The minimum atomic E-state index is -0.160. The van der Waals surface area contributed by atoms with Crippen LogP contribution in [-0.4, -0.2) is 5.11 Å².